The Kier molecular flexibility index (Phi) is 6.28. The van der Waals surface area contributed by atoms with Crippen molar-refractivity contribution in [2.24, 2.45) is 0 Å². The Labute approximate surface area is 201 Å². The van der Waals surface area contributed by atoms with E-state index in [1.54, 1.807) is 45.0 Å². The van der Waals surface area contributed by atoms with Gasteiger partial charge >= 0.3 is 6.09 Å². The van der Waals surface area contributed by atoms with Gasteiger partial charge in [-0.2, -0.15) is 0 Å². The fourth-order valence-electron chi connectivity index (χ4n) is 4.29. The van der Waals surface area contributed by atoms with Gasteiger partial charge in [-0.05, 0) is 40.0 Å². The van der Waals surface area contributed by atoms with Crippen molar-refractivity contribution in [2.45, 2.75) is 57.2 Å². The molecule has 34 heavy (non-hydrogen) atoms. The van der Waals surface area contributed by atoms with E-state index in [9.17, 15) is 24.0 Å². The van der Waals surface area contributed by atoms with Crippen LogP contribution in [-0.2, 0) is 14.3 Å². The second-order valence-corrected chi connectivity index (χ2v) is 10.5. The number of hydrogen-bond donors (Lipinski definition) is 3. The standard InChI is InChI=1S/C24H27N3O6S/c1-23(2,3)33-22(32)25-11-7-6-10-15-20(30)27-24(21(31)26-15)12-34-19-16(24)17(28)13-8-4-5-9-14(13)18(19)29/h4-5,8-9,15H,6-7,10-12H2,1-3H3,(H,25,32)(H,26,31)(H,27,30)/t15-,24-/m0/s1. The molecular formula is C24H27N3O6S. The van der Waals surface area contributed by atoms with Crippen molar-refractivity contribution in [3.63, 3.8) is 0 Å². The maximum Gasteiger partial charge on any atom is 0.407 e. The molecule has 3 amide bonds. The molecule has 0 saturated carbocycles. The molecule has 1 saturated heterocycles. The minimum Gasteiger partial charge on any atom is -0.444 e. The summed E-state index contributed by atoms with van der Waals surface area (Å²) >= 11 is 1.13. The smallest absolute Gasteiger partial charge is 0.407 e. The van der Waals surface area contributed by atoms with Gasteiger partial charge in [0.2, 0.25) is 11.7 Å². The Hall–Kier alpha value is -3.14. The average Bonchev–Trinajstić information content (AvgIpc) is 3.14. The first kappa shape index (κ1) is 24.0. The molecule has 1 aromatic rings. The van der Waals surface area contributed by atoms with E-state index in [-0.39, 0.29) is 27.6 Å². The Morgan fingerprint density at radius 1 is 1.12 bits per heavy atom. The van der Waals surface area contributed by atoms with Crippen LogP contribution in [0, 0.1) is 0 Å². The maximum absolute atomic E-state index is 13.2. The Morgan fingerprint density at radius 3 is 2.47 bits per heavy atom. The van der Waals surface area contributed by atoms with Crippen molar-refractivity contribution >= 4 is 41.2 Å². The van der Waals surface area contributed by atoms with Crippen LogP contribution in [0.4, 0.5) is 4.79 Å². The molecule has 2 aliphatic heterocycles. The molecular weight excluding hydrogens is 458 g/mol. The molecule has 180 valence electrons. The van der Waals surface area contributed by atoms with E-state index in [1.807, 2.05) is 0 Å². The highest BCUT2D eigenvalue weighted by Crippen LogP contribution is 2.46. The molecule has 1 spiro atoms. The minimum absolute atomic E-state index is 0.0621. The van der Waals surface area contributed by atoms with Gasteiger partial charge in [-0.25, -0.2) is 4.79 Å². The fraction of sp³-hybridized carbons (Fsp3) is 0.458. The van der Waals surface area contributed by atoms with Crippen molar-refractivity contribution in [1.29, 1.82) is 0 Å². The van der Waals surface area contributed by atoms with Crippen LogP contribution in [-0.4, -0.2) is 59.0 Å². The van der Waals surface area contributed by atoms with Gasteiger partial charge in [-0.15, -0.1) is 11.8 Å². The van der Waals surface area contributed by atoms with E-state index in [4.69, 9.17) is 4.74 Å². The number of Topliss-reactive ketones (excluding diaryl/α,β-unsaturated/α-hetero) is 2. The van der Waals surface area contributed by atoms with Gasteiger partial charge in [0.25, 0.3) is 5.91 Å². The number of carbonyl (C=O) groups excluding carboxylic acids is 5. The van der Waals surface area contributed by atoms with Crippen molar-refractivity contribution < 1.29 is 28.7 Å². The van der Waals surface area contributed by atoms with Gasteiger partial charge < -0.3 is 20.7 Å². The normalized spacial score (nSPS) is 23.9. The van der Waals surface area contributed by atoms with E-state index in [1.165, 1.54) is 0 Å². The number of rotatable bonds is 5. The number of fused-ring (bicyclic) bond motifs is 2. The van der Waals surface area contributed by atoms with Crippen LogP contribution < -0.4 is 16.0 Å². The zero-order chi connectivity index (χ0) is 24.7. The summed E-state index contributed by atoms with van der Waals surface area (Å²) in [7, 11) is 0. The molecule has 3 N–H and O–H groups in total. The second-order valence-electron chi connectivity index (χ2n) is 9.54. The number of benzene rings is 1. The number of carbonyl (C=O) groups is 5. The van der Waals surface area contributed by atoms with Gasteiger partial charge in [0.15, 0.2) is 11.3 Å². The SMILES string of the molecule is CC(C)(C)OC(=O)NCCCC[C@@H]1NC(=O)[C@@]2(CSC3=C2C(=O)c2ccccc2C3=O)NC1=O. The van der Waals surface area contributed by atoms with Crippen molar-refractivity contribution in [1.82, 2.24) is 16.0 Å². The highest BCUT2D eigenvalue weighted by Gasteiger charge is 2.57. The number of ketones is 2. The lowest BCUT2D eigenvalue weighted by atomic mass is 9.78. The molecule has 3 aliphatic rings. The zero-order valence-electron chi connectivity index (χ0n) is 19.3. The first-order valence-corrected chi connectivity index (χ1v) is 12.2. The minimum atomic E-state index is -1.55. The lowest BCUT2D eigenvalue weighted by molar-refractivity contribution is -0.139. The van der Waals surface area contributed by atoms with Crippen LogP contribution in [0.2, 0.25) is 0 Å². The Morgan fingerprint density at radius 2 is 1.79 bits per heavy atom. The molecule has 9 nitrogen and oxygen atoms in total. The Bertz CT molecular complexity index is 1120. The Balaban J connectivity index is 1.38. The molecule has 2 heterocycles. The number of unbranched alkanes of at least 4 members (excludes halogenated alkanes) is 1. The second kappa shape index (κ2) is 8.90. The first-order valence-electron chi connectivity index (χ1n) is 11.2. The summed E-state index contributed by atoms with van der Waals surface area (Å²) in [6.07, 6.45) is 1.04. The van der Waals surface area contributed by atoms with Crippen molar-refractivity contribution in [2.75, 3.05) is 12.3 Å². The summed E-state index contributed by atoms with van der Waals surface area (Å²) in [4.78, 5) is 64.2. The summed E-state index contributed by atoms with van der Waals surface area (Å²) in [6, 6.07) is 5.76. The molecule has 2 atom stereocenters. The van der Waals surface area contributed by atoms with Crippen LogP contribution >= 0.6 is 11.8 Å². The van der Waals surface area contributed by atoms with E-state index >= 15 is 0 Å². The molecule has 1 fully saturated rings. The molecule has 0 unspecified atom stereocenters. The first-order chi connectivity index (χ1) is 16.0. The van der Waals surface area contributed by atoms with Crippen LogP contribution in [0.5, 0.6) is 0 Å². The molecule has 0 radical (unpaired) electrons. The number of amides is 3. The monoisotopic (exact) mass is 485 g/mol. The van der Waals surface area contributed by atoms with Gasteiger partial charge in [-0.3, -0.25) is 19.2 Å². The number of ether oxygens (including phenoxy) is 1. The third-order valence-electron chi connectivity index (χ3n) is 5.87. The molecule has 4 rings (SSSR count). The predicted octanol–water partition coefficient (Wildman–Crippen LogP) is 2.11. The number of thioether (sulfide) groups is 1. The molecule has 1 aromatic carbocycles. The van der Waals surface area contributed by atoms with Crippen LogP contribution in [0.3, 0.4) is 0 Å². The number of nitrogens with one attached hydrogen (secondary N) is 3. The van der Waals surface area contributed by atoms with E-state index in [2.05, 4.69) is 16.0 Å². The van der Waals surface area contributed by atoms with Crippen molar-refractivity contribution in [3.05, 3.63) is 45.9 Å². The highest BCUT2D eigenvalue weighted by atomic mass is 32.2. The summed E-state index contributed by atoms with van der Waals surface area (Å²) in [5, 5.41) is 8.17. The summed E-state index contributed by atoms with van der Waals surface area (Å²) in [5.41, 5.74) is -1.50. The third-order valence-corrected chi connectivity index (χ3v) is 7.13. The van der Waals surface area contributed by atoms with E-state index in [0.717, 1.165) is 11.8 Å². The van der Waals surface area contributed by atoms with Gasteiger partial charge in [0.1, 0.15) is 11.6 Å². The highest BCUT2D eigenvalue weighted by molar-refractivity contribution is 8.04. The van der Waals surface area contributed by atoms with Gasteiger partial charge in [0, 0.05) is 23.4 Å². The van der Waals surface area contributed by atoms with Crippen LogP contribution in [0.1, 0.15) is 60.7 Å². The molecule has 0 bridgehead atoms. The third kappa shape index (κ3) is 4.34. The number of alkyl carbamates (subject to hydrolysis) is 1. The molecule has 10 heteroatoms. The van der Waals surface area contributed by atoms with Crippen LogP contribution in [0.25, 0.3) is 0 Å². The summed E-state index contributed by atoms with van der Waals surface area (Å²) in [5.74, 6) is -1.49. The quantitative estimate of drug-likeness (QED) is 0.545. The summed E-state index contributed by atoms with van der Waals surface area (Å²) < 4.78 is 5.17. The topological polar surface area (TPSA) is 131 Å². The maximum atomic E-state index is 13.2. The molecule has 0 aromatic heterocycles. The average molecular weight is 486 g/mol. The summed E-state index contributed by atoms with van der Waals surface area (Å²) in [6.45, 7) is 5.72. The van der Waals surface area contributed by atoms with E-state index < -0.39 is 40.9 Å². The van der Waals surface area contributed by atoms with Crippen molar-refractivity contribution in [3.8, 4) is 0 Å². The van der Waals surface area contributed by atoms with Crippen LogP contribution in [0.15, 0.2) is 34.7 Å². The predicted molar refractivity (Wildman–Crippen MR) is 125 cm³/mol. The van der Waals surface area contributed by atoms with E-state index in [0.29, 0.717) is 31.4 Å². The van der Waals surface area contributed by atoms with Gasteiger partial charge in [-0.1, -0.05) is 24.3 Å². The lowest BCUT2D eigenvalue weighted by Crippen LogP contribution is -2.71. The fourth-order valence-corrected chi connectivity index (χ4v) is 5.65. The number of allylic oxidation sites excluding steroid dienone is 1. The largest absolute Gasteiger partial charge is 0.444 e. The number of piperazine rings is 1. The molecule has 1 aliphatic carbocycles. The lowest BCUT2D eigenvalue weighted by Gasteiger charge is -2.38. The van der Waals surface area contributed by atoms with Gasteiger partial charge in [0.05, 0.1) is 10.5 Å². The number of hydrogen-bond acceptors (Lipinski definition) is 7. The zero-order valence-corrected chi connectivity index (χ0v) is 20.1.